The Morgan fingerprint density at radius 1 is 0.210 bits per heavy atom. The molecule has 0 saturated carbocycles. The molecule has 0 N–H and O–H groups in total. The lowest BCUT2D eigenvalue weighted by atomic mass is 9.92. The number of nitrogens with zero attached hydrogens (tertiary/aromatic N) is 1. The molecule has 0 atom stereocenters. The molecule has 2 heteroatoms. The highest BCUT2D eigenvalue weighted by atomic mass is 16.3. The first kappa shape index (κ1) is 35.7. The van der Waals surface area contributed by atoms with Crippen LogP contribution >= 0.6 is 0 Å². The van der Waals surface area contributed by atoms with Crippen molar-refractivity contribution in [2.45, 2.75) is 0 Å². The molecule has 0 radical (unpaired) electrons. The Hall–Kier alpha value is -8.20. The van der Waals surface area contributed by atoms with Crippen molar-refractivity contribution in [1.82, 2.24) is 0 Å². The highest BCUT2D eigenvalue weighted by Crippen LogP contribution is 2.40. The van der Waals surface area contributed by atoms with Gasteiger partial charge in [-0.1, -0.05) is 176 Å². The Morgan fingerprint density at radius 3 is 1.05 bits per heavy atom. The maximum Gasteiger partial charge on any atom is 0.135 e. The lowest BCUT2D eigenvalue weighted by Gasteiger charge is -2.26. The lowest BCUT2D eigenvalue weighted by molar-refractivity contribution is 0.669. The van der Waals surface area contributed by atoms with E-state index in [-0.39, 0.29) is 0 Å². The summed E-state index contributed by atoms with van der Waals surface area (Å²) >= 11 is 0. The average Bonchev–Trinajstić information content (AvgIpc) is 3.73. The molecule has 1 heterocycles. The van der Waals surface area contributed by atoms with Gasteiger partial charge in [0.25, 0.3) is 0 Å². The fraction of sp³-hybridized carbons (Fsp3) is 0. The first-order valence-corrected chi connectivity index (χ1v) is 21.2. The second-order valence-electron chi connectivity index (χ2n) is 16.1. The number of furan rings is 1. The number of hydrogen-bond donors (Lipinski definition) is 0. The summed E-state index contributed by atoms with van der Waals surface area (Å²) in [6.45, 7) is 0. The molecule has 0 bridgehead atoms. The molecule has 0 spiro atoms. The Labute approximate surface area is 360 Å². The van der Waals surface area contributed by atoms with Gasteiger partial charge in [-0.05, 0) is 137 Å². The molecule has 0 unspecified atom stereocenters. The average molecular weight is 790 g/mol. The molecule has 11 aromatic carbocycles. The number of para-hydroxylation sites is 1. The molecule has 0 aliphatic carbocycles. The number of rotatable bonds is 7. The molecule has 12 aromatic rings. The van der Waals surface area contributed by atoms with E-state index in [1.807, 2.05) is 12.1 Å². The normalized spacial score (nSPS) is 11.5. The van der Waals surface area contributed by atoms with Gasteiger partial charge in [-0.3, -0.25) is 0 Å². The SMILES string of the molecule is c1ccc(-c2ccc(N(c3ccc(-c4ccc(-c5ccc6c7ccccc7c7ccccc7c6c5)cc4)cc3)c3ccc(-c4ccc5oc6ccccc6c5c4)cc3)cc2)cc1. The fourth-order valence-electron chi connectivity index (χ4n) is 9.33. The first-order valence-electron chi connectivity index (χ1n) is 21.2. The lowest BCUT2D eigenvalue weighted by Crippen LogP contribution is -2.09. The van der Waals surface area contributed by atoms with Crippen LogP contribution in [0.3, 0.4) is 0 Å². The van der Waals surface area contributed by atoms with Gasteiger partial charge >= 0.3 is 0 Å². The first-order chi connectivity index (χ1) is 30.7. The van der Waals surface area contributed by atoms with E-state index in [9.17, 15) is 0 Å². The van der Waals surface area contributed by atoms with E-state index in [2.05, 4.69) is 229 Å². The van der Waals surface area contributed by atoms with Crippen LogP contribution in [0.4, 0.5) is 17.1 Å². The van der Waals surface area contributed by atoms with Crippen molar-refractivity contribution in [3.05, 3.63) is 237 Å². The van der Waals surface area contributed by atoms with Gasteiger partial charge in [0.05, 0.1) is 0 Å². The zero-order chi connectivity index (χ0) is 41.0. The van der Waals surface area contributed by atoms with Crippen LogP contribution in [-0.2, 0) is 0 Å². The largest absolute Gasteiger partial charge is 0.456 e. The van der Waals surface area contributed by atoms with E-state index in [1.165, 1.54) is 65.7 Å². The van der Waals surface area contributed by atoms with Crippen molar-refractivity contribution in [3.8, 4) is 44.5 Å². The summed E-state index contributed by atoms with van der Waals surface area (Å²) in [4.78, 5) is 2.34. The molecule has 0 amide bonds. The quantitative estimate of drug-likeness (QED) is 0.150. The van der Waals surface area contributed by atoms with Crippen LogP contribution < -0.4 is 4.90 Å². The molecule has 290 valence electrons. The molecule has 0 aliphatic heterocycles. The van der Waals surface area contributed by atoms with E-state index in [0.717, 1.165) is 50.1 Å². The van der Waals surface area contributed by atoms with Crippen LogP contribution in [0.1, 0.15) is 0 Å². The molecule has 0 aliphatic rings. The minimum absolute atomic E-state index is 0.906. The minimum atomic E-state index is 0.906. The van der Waals surface area contributed by atoms with Gasteiger partial charge < -0.3 is 9.32 Å². The summed E-state index contributed by atoms with van der Waals surface area (Å²) in [6, 6.07) is 85.4. The Kier molecular flexibility index (Phi) is 8.53. The summed E-state index contributed by atoms with van der Waals surface area (Å²) in [5.41, 5.74) is 14.6. The van der Waals surface area contributed by atoms with Crippen LogP contribution in [0.25, 0.3) is 98.8 Å². The molecule has 1 aromatic heterocycles. The molecular weight excluding hydrogens is 751 g/mol. The molecule has 62 heavy (non-hydrogen) atoms. The third-order valence-electron chi connectivity index (χ3n) is 12.5. The summed E-state index contributed by atoms with van der Waals surface area (Å²) in [6.07, 6.45) is 0. The third-order valence-corrected chi connectivity index (χ3v) is 12.5. The highest BCUT2D eigenvalue weighted by Gasteiger charge is 2.16. The second kappa shape index (κ2) is 14.8. The van der Waals surface area contributed by atoms with Crippen molar-refractivity contribution in [1.29, 1.82) is 0 Å². The fourth-order valence-corrected chi connectivity index (χ4v) is 9.33. The number of benzene rings is 11. The van der Waals surface area contributed by atoms with E-state index in [0.29, 0.717) is 0 Å². The smallest absolute Gasteiger partial charge is 0.135 e. The van der Waals surface area contributed by atoms with E-state index >= 15 is 0 Å². The maximum absolute atomic E-state index is 6.12. The van der Waals surface area contributed by atoms with Crippen molar-refractivity contribution in [2.24, 2.45) is 0 Å². The predicted octanol–water partition coefficient (Wildman–Crippen LogP) is 17.2. The standard InChI is InChI=1S/C60H39NO/c1-2-10-40(11-3-1)42-22-30-48(31-23-42)61(50-34-26-45(27-35-50)47-29-37-60-58(39-47)56-16-8-9-17-59(56)62-60)49-32-24-43(25-33-49)41-18-20-44(21-19-41)46-28-36-55-53-14-5-4-12-51(53)52-13-6-7-15-54(52)57(55)38-46/h1-39H. The summed E-state index contributed by atoms with van der Waals surface area (Å²) in [5.74, 6) is 0. The van der Waals surface area contributed by atoms with E-state index in [4.69, 9.17) is 4.42 Å². The third kappa shape index (κ3) is 6.20. The highest BCUT2D eigenvalue weighted by molar-refractivity contribution is 6.25. The van der Waals surface area contributed by atoms with Crippen LogP contribution in [0.2, 0.25) is 0 Å². The number of fused-ring (bicyclic) bond motifs is 9. The molecule has 12 rings (SSSR count). The topological polar surface area (TPSA) is 16.4 Å². The Balaban J connectivity index is 0.869. The molecule has 0 saturated heterocycles. The van der Waals surface area contributed by atoms with Crippen LogP contribution in [0.5, 0.6) is 0 Å². The Morgan fingerprint density at radius 2 is 0.532 bits per heavy atom. The summed E-state index contributed by atoms with van der Waals surface area (Å²) in [7, 11) is 0. The van der Waals surface area contributed by atoms with Gasteiger partial charge in [0.15, 0.2) is 0 Å². The van der Waals surface area contributed by atoms with Crippen molar-refractivity contribution in [3.63, 3.8) is 0 Å². The minimum Gasteiger partial charge on any atom is -0.456 e. The summed E-state index contributed by atoms with van der Waals surface area (Å²) in [5, 5.41) is 10.0. The van der Waals surface area contributed by atoms with Gasteiger partial charge in [-0.15, -0.1) is 0 Å². The van der Waals surface area contributed by atoms with Gasteiger partial charge in [0.1, 0.15) is 11.2 Å². The van der Waals surface area contributed by atoms with Crippen molar-refractivity contribution in [2.75, 3.05) is 4.90 Å². The van der Waals surface area contributed by atoms with E-state index < -0.39 is 0 Å². The predicted molar refractivity (Wildman–Crippen MR) is 263 cm³/mol. The van der Waals surface area contributed by atoms with Crippen molar-refractivity contribution >= 4 is 71.3 Å². The van der Waals surface area contributed by atoms with Crippen molar-refractivity contribution < 1.29 is 4.42 Å². The monoisotopic (exact) mass is 789 g/mol. The number of anilines is 3. The van der Waals surface area contributed by atoms with Gasteiger partial charge in [0, 0.05) is 27.8 Å². The van der Waals surface area contributed by atoms with Crippen LogP contribution in [0, 0.1) is 0 Å². The van der Waals surface area contributed by atoms with Crippen LogP contribution in [-0.4, -0.2) is 0 Å². The Bertz CT molecular complexity index is 3550. The van der Waals surface area contributed by atoms with E-state index in [1.54, 1.807) is 0 Å². The van der Waals surface area contributed by atoms with Gasteiger partial charge in [0.2, 0.25) is 0 Å². The number of hydrogen-bond acceptors (Lipinski definition) is 2. The van der Waals surface area contributed by atoms with Crippen LogP contribution in [0.15, 0.2) is 241 Å². The second-order valence-corrected chi connectivity index (χ2v) is 16.1. The molecule has 2 nitrogen and oxygen atoms in total. The molecule has 0 fully saturated rings. The van der Waals surface area contributed by atoms with Gasteiger partial charge in [-0.25, -0.2) is 0 Å². The zero-order valence-electron chi connectivity index (χ0n) is 33.9. The zero-order valence-corrected chi connectivity index (χ0v) is 33.9. The molecular formula is C60H39NO. The maximum atomic E-state index is 6.12. The van der Waals surface area contributed by atoms with Gasteiger partial charge in [-0.2, -0.15) is 0 Å². The summed E-state index contributed by atoms with van der Waals surface area (Å²) < 4.78 is 6.12.